The van der Waals surface area contributed by atoms with Crippen molar-refractivity contribution in [1.29, 1.82) is 0 Å². The van der Waals surface area contributed by atoms with E-state index in [1.807, 2.05) is 6.08 Å². The van der Waals surface area contributed by atoms with E-state index < -0.39 is 0 Å². The molecule has 0 aromatic heterocycles. The van der Waals surface area contributed by atoms with Crippen LogP contribution in [0.5, 0.6) is 0 Å². The lowest BCUT2D eigenvalue weighted by atomic mass is 10.4. The van der Waals surface area contributed by atoms with Gasteiger partial charge in [0, 0.05) is 0 Å². The highest BCUT2D eigenvalue weighted by Gasteiger charge is 1.82. The fourth-order valence-electron chi connectivity index (χ4n) is 0.367. The molecule has 0 amide bonds. The van der Waals surface area contributed by atoms with E-state index in [0.29, 0.717) is 6.54 Å². The summed E-state index contributed by atoms with van der Waals surface area (Å²) in [5, 5.41) is 0. The molecule has 0 spiro atoms. The van der Waals surface area contributed by atoms with E-state index in [9.17, 15) is 0 Å². The van der Waals surface area contributed by atoms with E-state index in [4.69, 9.17) is 5.73 Å². The molecule has 0 bridgehead atoms. The number of allylic oxidation sites excluding steroid dienone is 2. The maximum atomic E-state index is 5.24. The molecule has 1 nitrogen and oxygen atoms in total. The average Bonchev–Trinajstić information content (AvgIpc) is 1.68. The van der Waals surface area contributed by atoms with E-state index in [1.165, 1.54) is 0 Å². The molecule has 0 radical (unpaired) electrons. The van der Waals surface area contributed by atoms with Gasteiger partial charge in [0.2, 0.25) is 0 Å². The molecule has 0 fully saturated rings. The SMILES string of the molecule is C=C/C=C(\S)CCN. The summed E-state index contributed by atoms with van der Waals surface area (Å²) in [6.45, 7) is 4.17. The molecule has 2 N–H and O–H groups in total. The second kappa shape index (κ2) is 4.94. The fourth-order valence-corrected chi connectivity index (χ4v) is 0.602. The third-order valence-corrected chi connectivity index (χ3v) is 1.08. The molecule has 46 valence electrons. The van der Waals surface area contributed by atoms with E-state index >= 15 is 0 Å². The largest absolute Gasteiger partial charge is 0.330 e. The number of hydrogen-bond acceptors (Lipinski definition) is 2. The average molecular weight is 129 g/mol. The van der Waals surface area contributed by atoms with Gasteiger partial charge in [-0.25, -0.2) is 0 Å². The first-order valence-electron chi connectivity index (χ1n) is 2.52. The van der Waals surface area contributed by atoms with Gasteiger partial charge >= 0.3 is 0 Å². The molecule has 0 rings (SSSR count). The standard InChI is InChI=1S/C6H11NS/c1-2-3-6(8)4-5-7/h2-3,8H,1,4-5,7H2/b6-3-. The first-order valence-corrected chi connectivity index (χ1v) is 2.96. The molecule has 2 heteroatoms. The Morgan fingerprint density at radius 3 is 2.75 bits per heavy atom. The molecular weight excluding hydrogens is 118 g/mol. The first-order chi connectivity index (χ1) is 3.81. The van der Waals surface area contributed by atoms with Gasteiger partial charge in [-0.1, -0.05) is 18.7 Å². The van der Waals surface area contributed by atoms with E-state index in [1.54, 1.807) is 6.08 Å². The van der Waals surface area contributed by atoms with Crippen molar-refractivity contribution in [3.8, 4) is 0 Å². The Bertz CT molecular complexity index is 96.7. The van der Waals surface area contributed by atoms with Crippen molar-refractivity contribution >= 4 is 12.6 Å². The molecule has 8 heavy (non-hydrogen) atoms. The monoisotopic (exact) mass is 129 g/mol. The Balaban J connectivity index is 3.44. The van der Waals surface area contributed by atoms with Crippen molar-refractivity contribution in [2.45, 2.75) is 6.42 Å². The Hall–Kier alpha value is -0.210. The van der Waals surface area contributed by atoms with Crippen molar-refractivity contribution in [2.75, 3.05) is 6.54 Å². The molecule has 0 aliphatic heterocycles. The summed E-state index contributed by atoms with van der Waals surface area (Å²) in [6, 6.07) is 0. The van der Waals surface area contributed by atoms with Crippen LogP contribution in [0.2, 0.25) is 0 Å². The minimum absolute atomic E-state index is 0.656. The minimum atomic E-state index is 0.656. The molecule has 0 unspecified atom stereocenters. The van der Waals surface area contributed by atoms with Crippen LogP contribution in [0.3, 0.4) is 0 Å². The molecule has 0 aliphatic rings. The van der Waals surface area contributed by atoms with Crippen LogP contribution in [0.4, 0.5) is 0 Å². The van der Waals surface area contributed by atoms with Gasteiger partial charge in [0.15, 0.2) is 0 Å². The van der Waals surface area contributed by atoms with E-state index in [2.05, 4.69) is 19.2 Å². The summed E-state index contributed by atoms with van der Waals surface area (Å²) < 4.78 is 0. The number of nitrogens with two attached hydrogens (primary N) is 1. The number of thiol groups is 1. The lowest BCUT2D eigenvalue weighted by Gasteiger charge is -1.90. The summed E-state index contributed by atoms with van der Waals surface area (Å²) in [6.07, 6.45) is 4.39. The quantitative estimate of drug-likeness (QED) is 0.436. The van der Waals surface area contributed by atoms with Crippen molar-refractivity contribution in [2.24, 2.45) is 5.73 Å². The van der Waals surface area contributed by atoms with Crippen LogP contribution in [0.15, 0.2) is 23.6 Å². The highest BCUT2D eigenvalue weighted by molar-refractivity contribution is 7.84. The van der Waals surface area contributed by atoms with Crippen LogP contribution in [0, 0.1) is 0 Å². The highest BCUT2D eigenvalue weighted by Crippen LogP contribution is 2.03. The minimum Gasteiger partial charge on any atom is -0.330 e. The normalized spacial score (nSPS) is 11.5. The Morgan fingerprint density at radius 2 is 2.38 bits per heavy atom. The Kier molecular flexibility index (Phi) is 4.81. The lowest BCUT2D eigenvalue weighted by Crippen LogP contribution is -1.97. The van der Waals surface area contributed by atoms with Crippen LogP contribution in [-0.2, 0) is 0 Å². The van der Waals surface area contributed by atoms with Crippen molar-refractivity contribution in [3.63, 3.8) is 0 Å². The van der Waals surface area contributed by atoms with Gasteiger partial charge in [0.05, 0.1) is 0 Å². The summed E-state index contributed by atoms with van der Waals surface area (Å²) in [5.41, 5.74) is 5.24. The zero-order valence-electron chi connectivity index (χ0n) is 4.80. The second-order valence-corrected chi connectivity index (χ2v) is 2.01. The van der Waals surface area contributed by atoms with Crippen LogP contribution < -0.4 is 5.73 Å². The predicted molar refractivity (Wildman–Crippen MR) is 40.9 cm³/mol. The fraction of sp³-hybridized carbons (Fsp3) is 0.333. The van der Waals surface area contributed by atoms with E-state index in [0.717, 1.165) is 11.3 Å². The van der Waals surface area contributed by atoms with Crippen LogP contribution in [0.1, 0.15) is 6.42 Å². The van der Waals surface area contributed by atoms with Crippen molar-refractivity contribution in [3.05, 3.63) is 23.6 Å². The first kappa shape index (κ1) is 7.79. The zero-order valence-corrected chi connectivity index (χ0v) is 5.70. The summed E-state index contributed by atoms with van der Waals surface area (Å²) in [4.78, 5) is 0.988. The molecule has 0 atom stereocenters. The van der Waals surface area contributed by atoms with Gasteiger partial charge in [-0.2, -0.15) is 0 Å². The van der Waals surface area contributed by atoms with Gasteiger partial charge in [0.25, 0.3) is 0 Å². The summed E-state index contributed by atoms with van der Waals surface area (Å²) in [7, 11) is 0. The molecular formula is C6H11NS. The highest BCUT2D eigenvalue weighted by atomic mass is 32.1. The Labute approximate surface area is 55.7 Å². The maximum Gasteiger partial charge on any atom is -0.00317 e. The molecule has 0 aliphatic carbocycles. The van der Waals surface area contributed by atoms with Gasteiger partial charge in [-0.3, -0.25) is 0 Å². The van der Waals surface area contributed by atoms with Gasteiger partial charge in [0.1, 0.15) is 0 Å². The smallest absolute Gasteiger partial charge is 0.00317 e. The third-order valence-electron chi connectivity index (χ3n) is 0.711. The lowest BCUT2D eigenvalue weighted by molar-refractivity contribution is 0.998. The number of hydrogen-bond donors (Lipinski definition) is 2. The second-order valence-electron chi connectivity index (χ2n) is 1.43. The van der Waals surface area contributed by atoms with Crippen LogP contribution in [-0.4, -0.2) is 6.54 Å². The molecule has 0 saturated carbocycles. The van der Waals surface area contributed by atoms with Crippen molar-refractivity contribution < 1.29 is 0 Å². The topological polar surface area (TPSA) is 26.0 Å². The van der Waals surface area contributed by atoms with Gasteiger partial charge < -0.3 is 5.73 Å². The maximum absolute atomic E-state index is 5.24. The molecule has 0 aromatic rings. The van der Waals surface area contributed by atoms with Gasteiger partial charge in [-0.05, 0) is 17.9 Å². The summed E-state index contributed by atoms with van der Waals surface area (Å²) >= 11 is 4.10. The number of rotatable bonds is 3. The van der Waals surface area contributed by atoms with Crippen molar-refractivity contribution in [1.82, 2.24) is 0 Å². The molecule has 0 saturated heterocycles. The predicted octanol–water partition coefficient (Wildman–Crippen LogP) is 1.33. The van der Waals surface area contributed by atoms with Crippen LogP contribution >= 0.6 is 12.6 Å². The zero-order chi connectivity index (χ0) is 6.41. The Morgan fingerprint density at radius 1 is 1.75 bits per heavy atom. The molecule has 0 aromatic carbocycles. The molecule has 0 heterocycles. The van der Waals surface area contributed by atoms with E-state index in [-0.39, 0.29) is 0 Å². The van der Waals surface area contributed by atoms with Gasteiger partial charge in [-0.15, -0.1) is 12.6 Å². The summed E-state index contributed by atoms with van der Waals surface area (Å²) in [5.74, 6) is 0. The third kappa shape index (κ3) is 3.96. The van der Waals surface area contributed by atoms with Crippen LogP contribution in [0.25, 0.3) is 0 Å².